The molecular weight excluding hydrogens is 448 g/mol. The first-order chi connectivity index (χ1) is 16.1. The summed E-state index contributed by atoms with van der Waals surface area (Å²) in [5.74, 6) is 0.196. The third kappa shape index (κ3) is 6.04. The third-order valence-corrected chi connectivity index (χ3v) is 7.75. The molecule has 3 aromatic rings. The molecule has 0 aromatic heterocycles. The minimum atomic E-state index is -3.92. The maximum Gasteiger partial charge on any atom is 0.243 e. The van der Waals surface area contributed by atoms with Gasteiger partial charge in [0.1, 0.15) is 5.75 Å². The zero-order chi connectivity index (χ0) is 24.9. The lowest BCUT2D eigenvalue weighted by Crippen LogP contribution is -2.41. The fourth-order valence-electron chi connectivity index (χ4n) is 3.88. The monoisotopic (exact) mass is 480 g/mol. The number of hydrogen-bond donors (Lipinski definition) is 1. The first-order valence-corrected chi connectivity index (χ1v) is 12.6. The van der Waals surface area contributed by atoms with E-state index in [1.807, 2.05) is 51.1 Å². The molecule has 34 heavy (non-hydrogen) atoms. The third-order valence-electron chi connectivity index (χ3n) is 5.95. The summed E-state index contributed by atoms with van der Waals surface area (Å²) in [5, 5.41) is 2.98. The fraction of sp³-hybridized carbons (Fsp3) is 0.296. The Hall–Kier alpha value is -3.16. The van der Waals surface area contributed by atoms with E-state index in [1.54, 1.807) is 12.1 Å². The lowest BCUT2D eigenvalue weighted by Gasteiger charge is -2.24. The largest absolute Gasteiger partial charge is 0.497 e. The number of carbonyl (C=O) groups is 1. The van der Waals surface area contributed by atoms with Crippen molar-refractivity contribution >= 4 is 15.9 Å². The molecule has 3 rings (SSSR count). The smallest absolute Gasteiger partial charge is 0.243 e. The number of carbonyl (C=O) groups excluding carboxylic acids is 1. The van der Waals surface area contributed by atoms with Gasteiger partial charge in [-0.05, 0) is 79.8 Å². The van der Waals surface area contributed by atoms with E-state index in [0.29, 0.717) is 5.75 Å². The first-order valence-electron chi connectivity index (χ1n) is 11.2. The van der Waals surface area contributed by atoms with Crippen molar-refractivity contribution in [3.05, 3.63) is 94.5 Å². The Labute approximate surface area is 202 Å². The van der Waals surface area contributed by atoms with Crippen LogP contribution in [0.25, 0.3) is 0 Å². The Morgan fingerprint density at radius 1 is 0.941 bits per heavy atom. The lowest BCUT2D eigenvalue weighted by molar-refractivity contribution is -0.122. The van der Waals surface area contributed by atoms with Crippen molar-refractivity contribution in [1.29, 1.82) is 0 Å². The molecule has 0 bridgehead atoms. The van der Waals surface area contributed by atoms with Crippen LogP contribution in [0.15, 0.2) is 71.6 Å². The highest BCUT2D eigenvalue weighted by Gasteiger charge is 2.27. The number of nitrogens with zero attached hydrogens (tertiary/aromatic N) is 1. The van der Waals surface area contributed by atoms with E-state index in [2.05, 4.69) is 24.4 Å². The van der Waals surface area contributed by atoms with Gasteiger partial charge in [0.05, 0.1) is 24.6 Å². The summed E-state index contributed by atoms with van der Waals surface area (Å²) >= 11 is 0. The molecule has 0 aliphatic heterocycles. The van der Waals surface area contributed by atoms with E-state index in [4.69, 9.17) is 4.74 Å². The maximum absolute atomic E-state index is 13.5. The van der Waals surface area contributed by atoms with Crippen molar-refractivity contribution in [3.8, 4) is 5.75 Å². The van der Waals surface area contributed by atoms with Gasteiger partial charge < -0.3 is 10.1 Å². The number of benzene rings is 3. The molecule has 0 saturated heterocycles. The fourth-order valence-corrected chi connectivity index (χ4v) is 5.27. The number of aryl methyl sites for hydroxylation is 3. The molecule has 7 heteroatoms. The van der Waals surface area contributed by atoms with Gasteiger partial charge in [0.25, 0.3) is 0 Å². The first kappa shape index (κ1) is 25.5. The highest BCUT2D eigenvalue weighted by Crippen LogP contribution is 2.23. The quantitative estimate of drug-likeness (QED) is 0.482. The van der Waals surface area contributed by atoms with Crippen LogP contribution < -0.4 is 10.1 Å². The van der Waals surface area contributed by atoms with Crippen LogP contribution in [-0.4, -0.2) is 32.3 Å². The summed E-state index contributed by atoms with van der Waals surface area (Å²) in [6.45, 7) is 7.81. The van der Waals surface area contributed by atoms with Crippen molar-refractivity contribution in [2.75, 3.05) is 13.7 Å². The molecule has 180 valence electrons. The molecule has 1 N–H and O–H groups in total. The molecular formula is C27H32N2O4S. The summed E-state index contributed by atoms with van der Waals surface area (Å²) < 4.78 is 33.3. The maximum atomic E-state index is 13.5. The number of methoxy groups -OCH3 is 1. The van der Waals surface area contributed by atoms with Crippen molar-refractivity contribution in [3.63, 3.8) is 0 Å². The van der Waals surface area contributed by atoms with E-state index in [-0.39, 0.29) is 29.9 Å². The van der Waals surface area contributed by atoms with Crippen LogP contribution in [0.1, 0.15) is 40.8 Å². The van der Waals surface area contributed by atoms with Crippen molar-refractivity contribution < 1.29 is 17.9 Å². The van der Waals surface area contributed by atoms with E-state index in [0.717, 1.165) is 22.3 Å². The van der Waals surface area contributed by atoms with Gasteiger partial charge in [-0.2, -0.15) is 4.31 Å². The van der Waals surface area contributed by atoms with E-state index in [1.165, 1.54) is 29.1 Å². The SMILES string of the molecule is COc1ccc(S(=O)(=O)N(CC(=O)N[C@H](C)c2cc(C)c(C)cc2C)Cc2ccccc2)cc1. The average Bonchev–Trinajstić information content (AvgIpc) is 2.81. The molecule has 0 radical (unpaired) electrons. The van der Waals surface area contributed by atoms with Gasteiger partial charge in [0.15, 0.2) is 0 Å². The summed E-state index contributed by atoms with van der Waals surface area (Å²) in [6, 6.07) is 19.3. The predicted octanol–water partition coefficient (Wildman–Crippen LogP) is 4.69. The molecule has 0 fully saturated rings. The summed E-state index contributed by atoms with van der Waals surface area (Å²) in [6.07, 6.45) is 0. The second-order valence-electron chi connectivity index (χ2n) is 8.52. The Morgan fingerprint density at radius 2 is 1.56 bits per heavy atom. The second-order valence-corrected chi connectivity index (χ2v) is 10.5. The van der Waals surface area contributed by atoms with Gasteiger partial charge in [-0.1, -0.05) is 42.5 Å². The normalized spacial score (nSPS) is 12.4. The van der Waals surface area contributed by atoms with Gasteiger partial charge >= 0.3 is 0 Å². The zero-order valence-electron chi connectivity index (χ0n) is 20.3. The van der Waals surface area contributed by atoms with E-state index in [9.17, 15) is 13.2 Å². The molecule has 0 spiro atoms. The number of sulfonamides is 1. The van der Waals surface area contributed by atoms with Crippen LogP contribution in [0.2, 0.25) is 0 Å². The van der Waals surface area contributed by atoms with Gasteiger partial charge in [-0.15, -0.1) is 0 Å². The molecule has 0 aliphatic rings. The lowest BCUT2D eigenvalue weighted by atomic mass is 9.96. The molecule has 0 heterocycles. The van der Waals surface area contributed by atoms with E-state index >= 15 is 0 Å². The number of ether oxygens (including phenoxy) is 1. The highest BCUT2D eigenvalue weighted by atomic mass is 32.2. The molecule has 0 saturated carbocycles. The van der Waals surface area contributed by atoms with Crippen LogP contribution in [0.3, 0.4) is 0 Å². The van der Waals surface area contributed by atoms with Gasteiger partial charge in [0.2, 0.25) is 15.9 Å². The predicted molar refractivity (Wildman–Crippen MR) is 134 cm³/mol. The van der Waals surface area contributed by atoms with Crippen LogP contribution in [0, 0.1) is 20.8 Å². The average molecular weight is 481 g/mol. The molecule has 1 atom stereocenters. The standard InChI is InChI=1S/C27H32N2O4S/c1-19-15-21(3)26(16-20(19)2)22(4)28-27(30)18-29(17-23-9-7-6-8-10-23)34(31,32)25-13-11-24(33-5)12-14-25/h6-16,22H,17-18H2,1-5H3,(H,28,30)/t22-/m1/s1. The Kier molecular flexibility index (Phi) is 8.12. The minimum Gasteiger partial charge on any atom is -0.497 e. The summed E-state index contributed by atoms with van der Waals surface area (Å²) in [7, 11) is -2.40. The Morgan fingerprint density at radius 3 is 2.18 bits per heavy atom. The van der Waals surface area contributed by atoms with Crippen molar-refractivity contribution in [2.45, 2.75) is 45.2 Å². The summed E-state index contributed by atoms with van der Waals surface area (Å²) in [4.78, 5) is 13.1. The van der Waals surface area contributed by atoms with Gasteiger partial charge in [0, 0.05) is 6.54 Å². The Bertz CT molecular complexity index is 1240. The van der Waals surface area contributed by atoms with Crippen LogP contribution in [0.4, 0.5) is 0 Å². The Balaban J connectivity index is 1.84. The number of hydrogen-bond acceptors (Lipinski definition) is 4. The number of rotatable bonds is 9. The number of nitrogens with one attached hydrogen (secondary N) is 1. The van der Waals surface area contributed by atoms with E-state index < -0.39 is 10.0 Å². The minimum absolute atomic E-state index is 0.0830. The zero-order valence-corrected chi connectivity index (χ0v) is 21.1. The van der Waals surface area contributed by atoms with Crippen LogP contribution >= 0.6 is 0 Å². The van der Waals surface area contributed by atoms with Crippen LogP contribution in [-0.2, 0) is 21.4 Å². The second kappa shape index (κ2) is 10.8. The molecule has 6 nitrogen and oxygen atoms in total. The summed E-state index contributed by atoms with van der Waals surface area (Å²) in [5.41, 5.74) is 5.24. The van der Waals surface area contributed by atoms with Crippen LogP contribution in [0.5, 0.6) is 5.75 Å². The molecule has 1 amide bonds. The highest BCUT2D eigenvalue weighted by molar-refractivity contribution is 7.89. The molecule has 0 aliphatic carbocycles. The van der Waals surface area contributed by atoms with Crippen molar-refractivity contribution in [1.82, 2.24) is 9.62 Å². The molecule has 0 unspecified atom stereocenters. The van der Waals surface area contributed by atoms with Crippen molar-refractivity contribution in [2.24, 2.45) is 0 Å². The van der Waals surface area contributed by atoms with Gasteiger partial charge in [-0.3, -0.25) is 4.79 Å². The number of amides is 1. The molecule has 3 aromatic carbocycles. The van der Waals surface area contributed by atoms with Gasteiger partial charge in [-0.25, -0.2) is 8.42 Å². The topological polar surface area (TPSA) is 75.7 Å².